The summed E-state index contributed by atoms with van der Waals surface area (Å²) in [5, 5.41) is 6.21. The first-order valence-electron chi connectivity index (χ1n) is 8.12. The molecule has 23 heavy (non-hydrogen) atoms. The number of fused-ring (bicyclic) bond motifs is 1. The third kappa shape index (κ3) is 2.57. The number of imidazole rings is 1. The van der Waals surface area contributed by atoms with Gasteiger partial charge in [0.25, 0.3) is 0 Å². The van der Waals surface area contributed by atoms with Crippen LogP contribution in [0.15, 0.2) is 16.1 Å². The molecular formula is C16H21N5OS. The fourth-order valence-corrected chi connectivity index (χ4v) is 4.01. The average molecular weight is 331 g/mol. The van der Waals surface area contributed by atoms with Gasteiger partial charge in [-0.25, -0.2) is 4.98 Å². The van der Waals surface area contributed by atoms with Crippen LogP contribution in [0.4, 0.5) is 0 Å². The predicted molar refractivity (Wildman–Crippen MR) is 88.6 cm³/mol. The monoisotopic (exact) mass is 331 g/mol. The van der Waals surface area contributed by atoms with E-state index < -0.39 is 0 Å². The van der Waals surface area contributed by atoms with Crippen molar-refractivity contribution < 1.29 is 4.52 Å². The summed E-state index contributed by atoms with van der Waals surface area (Å²) in [4.78, 5) is 12.7. The third-order valence-electron chi connectivity index (χ3n) is 4.54. The molecule has 3 aromatic heterocycles. The Morgan fingerprint density at radius 2 is 2.26 bits per heavy atom. The number of aromatic nitrogens is 4. The van der Waals surface area contributed by atoms with Gasteiger partial charge in [0.15, 0.2) is 10.8 Å². The first-order chi connectivity index (χ1) is 11.1. The Morgan fingerprint density at radius 3 is 3.04 bits per heavy atom. The molecule has 0 aromatic carbocycles. The Morgan fingerprint density at radius 1 is 1.39 bits per heavy atom. The highest BCUT2D eigenvalue weighted by atomic mass is 32.1. The smallest absolute Gasteiger partial charge is 0.244 e. The summed E-state index contributed by atoms with van der Waals surface area (Å²) in [7, 11) is 0. The number of likely N-dealkylation sites (tertiary alicyclic amines) is 1. The van der Waals surface area contributed by atoms with E-state index in [1.807, 2.05) is 0 Å². The zero-order valence-corrected chi connectivity index (χ0v) is 14.5. The Kier molecular flexibility index (Phi) is 3.69. The van der Waals surface area contributed by atoms with Crippen molar-refractivity contribution in [2.45, 2.75) is 52.1 Å². The van der Waals surface area contributed by atoms with Crippen LogP contribution >= 0.6 is 11.3 Å². The molecule has 0 N–H and O–H groups in total. The number of nitrogens with zero attached hydrogens (tertiary/aromatic N) is 5. The molecule has 4 rings (SSSR count). The SMILES string of the molecule is Cc1nc2sccn2c1CN1CCCC1c1nc(C(C)C)no1. The second-order valence-electron chi connectivity index (χ2n) is 6.47. The van der Waals surface area contributed by atoms with Gasteiger partial charge in [-0.15, -0.1) is 11.3 Å². The van der Waals surface area contributed by atoms with E-state index in [4.69, 9.17) is 4.52 Å². The van der Waals surface area contributed by atoms with Crippen molar-refractivity contribution in [1.82, 2.24) is 24.4 Å². The van der Waals surface area contributed by atoms with E-state index in [2.05, 4.69) is 56.8 Å². The highest BCUT2D eigenvalue weighted by Crippen LogP contribution is 2.33. The third-order valence-corrected chi connectivity index (χ3v) is 5.29. The van der Waals surface area contributed by atoms with Gasteiger partial charge in [0.1, 0.15) is 0 Å². The lowest BCUT2D eigenvalue weighted by Crippen LogP contribution is -2.24. The van der Waals surface area contributed by atoms with Gasteiger partial charge in [0.2, 0.25) is 5.89 Å². The highest BCUT2D eigenvalue weighted by Gasteiger charge is 2.32. The Bertz CT molecular complexity index is 818. The van der Waals surface area contributed by atoms with Gasteiger partial charge in [-0.1, -0.05) is 19.0 Å². The lowest BCUT2D eigenvalue weighted by atomic mass is 10.2. The molecule has 7 heteroatoms. The topological polar surface area (TPSA) is 59.5 Å². The summed E-state index contributed by atoms with van der Waals surface area (Å²) >= 11 is 1.68. The molecule has 0 saturated carbocycles. The molecule has 1 aliphatic heterocycles. The molecule has 0 radical (unpaired) electrons. The van der Waals surface area contributed by atoms with Crippen LogP contribution in [0.2, 0.25) is 0 Å². The standard InChI is InChI=1S/C16H21N5OS/c1-10(2)14-18-15(22-19-14)12-5-4-6-20(12)9-13-11(3)17-16-21(13)7-8-23-16/h7-8,10,12H,4-6,9H2,1-3H3. The lowest BCUT2D eigenvalue weighted by molar-refractivity contribution is 0.198. The zero-order valence-electron chi connectivity index (χ0n) is 13.7. The summed E-state index contributed by atoms with van der Waals surface area (Å²) < 4.78 is 7.74. The molecule has 1 unspecified atom stereocenters. The Labute approximate surface area is 139 Å². The quantitative estimate of drug-likeness (QED) is 0.732. The fraction of sp³-hybridized carbons (Fsp3) is 0.562. The summed E-state index contributed by atoms with van der Waals surface area (Å²) in [6.45, 7) is 8.19. The van der Waals surface area contributed by atoms with Crippen LogP contribution in [0.25, 0.3) is 4.96 Å². The average Bonchev–Trinajstić information content (AvgIpc) is 3.25. The molecule has 1 saturated heterocycles. The molecule has 0 spiro atoms. The number of aryl methyl sites for hydroxylation is 1. The predicted octanol–water partition coefficient (Wildman–Crippen LogP) is 3.55. The van der Waals surface area contributed by atoms with Crippen molar-refractivity contribution in [2.75, 3.05) is 6.54 Å². The maximum atomic E-state index is 5.54. The largest absolute Gasteiger partial charge is 0.338 e. The van der Waals surface area contributed by atoms with Crippen LogP contribution in [0.3, 0.4) is 0 Å². The normalized spacial score (nSPS) is 19.4. The Balaban J connectivity index is 1.60. The minimum atomic E-state index is 0.221. The van der Waals surface area contributed by atoms with Gasteiger partial charge in [0.05, 0.1) is 17.4 Å². The number of hydrogen-bond donors (Lipinski definition) is 0. The molecule has 0 amide bonds. The van der Waals surface area contributed by atoms with Gasteiger partial charge in [-0.3, -0.25) is 9.30 Å². The molecule has 6 nitrogen and oxygen atoms in total. The Hall–Kier alpha value is -1.73. The molecule has 1 atom stereocenters. The van der Waals surface area contributed by atoms with Crippen LogP contribution in [-0.2, 0) is 6.54 Å². The van der Waals surface area contributed by atoms with Gasteiger partial charge >= 0.3 is 0 Å². The number of rotatable bonds is 4. The van der Waals surface area contributed by atoms with Gasteiger partial charge in [-0.2, -0.15) is 4.98 Å². The van der Waals surface area contributed by atoms with E-state index in [0.717, 1.165) is 48.3 Å². The van der Waals surface area contributed by atoms with Crippen molar-refractivity contribution in [3.63, 3.8) is 0 Å². The fourth-order valence-electron chi connectivity index (χ4n) is 3.24. The van der Waals surface area contributed by atoms with E-state index in [0.29, 0.717) is 5.92 Å². The van der Waals surface area contributed by atoms with Gasteiger partial charge in [0, 0.05) is 24.0 Å². The first kappa shape index (κ1) is 14.8. The van der Waals surface area contributed by atoms with Crippen molar-refractivity contribution >= 4 is 16.3 Å². The summed E-state index contributed by atoms with van der Waals surface area (Å²) in [5.41, 5.74) is 2.37. The van der Waals surface area contributed by atoms with Crippen molar-refractivity contribution in [3.05, 3.63) is 34.7 Å². The minimum absolute atomic E-state index is 0.221. The van der Waals surface area contributed by atoms with E-state index in [1.165, 1.54) is 5.69 Å². The maximum absolute atomic E-state index is 5.54. The van der Waals surface area contributed by atoms with E-state index in [9.17, 15) is 0 Å². The van der Waals surface area contributed by atoms with Crippen LogP contribution in [0, 0.1) is 6.92 Å². The number of hydrogen-bond acceptors (Lipinski definition) is 6. The molecule has 3 aromatic rings. The van der Waals surface area contributed by atoms with Crippen LogP contribution < -0.4 is 0 Å². The molecule has 122 valence electrons. The van der Waals surface area contributed by atoms with Crippen molar-refractivity contribution in [3.8, 4) is 0 Å². The van der Waals surface area contributed by atoms with Gasteiger partial charge in [-0.05, 0) is 26.3 Å². The van der Waals surface area contributed by atoms with Gasteiger partial charge < -0.3 is 4.52 Å². The van der Waals surface area contributed by atoms with Crippen molar-refractivity contribution in [2.24, 2.45) is 0 Å². The van der Waals surface area contributed by atoms with Crippen LogP contribution in [0.5, 0.6) is 0 Å². The molecule has 0 aliphatic carbocycles. The summed E-state index contributed by atoms with van der Waals surface area (Å²) in [5.74, 6) is 1.85. The molecule has 1 fully saturated rings. The van der Waals surface area contributed by atoms with E-state index in [1.54, 1.807) is 11.3 Å². The minimum Gasteiger partial charge on any atom is -0.338 e. The second-order valence-corrected chi connectivity index (χ2v) is 7.35. The van der Waals surface area contributed by atoms with Crippen molar-refractivity contribution in [1.29, 1.82) is 0 Å². The zero-order chi connectivity index (χ0) is 16.0. The summed E-state index contributed by atoms with van der Waals surface area (Å²) in [6.07, 6.45) is 4.34. The molecular weight excluding hydrogens is 310 g/mol. The molecule has 0 bridgehead atoms. The van der Waals surface area contributed by atoms with E-state index in [-0.39, 0.29) is 6.04 Å². The van der Waals surface area contributed by atoms with Crippen LogP contribution in [0.1, 0.15) is 61.8 Å². The molecule has 4 heterocycles. The number of thiazole rings is 1. The second kappa shape index (κ2) is 5.72. The molecule has 1 aliphatic rings. The first-order valence-corrected chi connectivity index (χ1v) is 9.00. The van der Waals surface area contributed by atoms with Crippen LogP contribution in [-0.4, -0.2) is 31.0 Å². The maximum Gasteiger partial charge on any atom is 0.244 e. The summed E-state index contributed by atoms with van der Waals surface area (Å²) in [6, 6.07) is 0.221. The highest BCUT2D eigenvalue weighted by molar-refractivity contribution is 7.15. The van der Waals surface area contributed by atoms with E-state index >= 15 is 0 Å². The lowest BCUT2D eigenvalue weighted by Gasteiger charge is -2.21.